The number of carbonyl (C=O) groups excluding carboxylic acids is 2. The third-order valence-corrected chi connectivity index (χ3v) is 12.8. The quantitative estimate of drug-likeness (QED) is 0.0704. The molecule has 0 fully saturated rings. The molecule has 0 aliphatic heterocycles. The number of hydrogen-bond donors (Lipinski definition) is 2. The molecule has 2 N–H and O–H groups in total. The summed E-state index contributed by atoms with van der Waals surface area (Å²) in [4.78, 5) is 51.2. The number of carbonyl (C=O) groups is 2. The Kier molecular flexibility index (Phi) is 17.6. The van der Waals surface area contributed by atoms with Gasteiger partial charge in [-0.25, -0.2) is 19.9 Å². The SMILES string of the molecule is C=CC(=O)Nc1cc(Cc2cc(-c3cn(C)c4ccccc34)ncn2)c(OC)cc1N(C)CCN(C)C.C=CC(=O)Nc1cc(Cc2cc(-c3cn(C)c4ccccc34)ncn2)c(OC)cc1N(C)CCN(C)C. The number of ether oxygens (including phenoxy) is 2. The number of rotatable bonds is 20. The van der Waals surface area contributed by atoms with Crippen LogP contribution in [0.5, 0.6) is 11.5 Å². The number of nitrogens with zero attached hydrogens (tertiary/aromatic N) is 10. The van der Waals surface area contributed by atoms with Crippen LogP contribution in [-0.4, -0.2) is 133 Å². The van der Waals surface area contributed by atoms with Crippen LogP contribution in [0.15, 0.2) is 135 Å². The number of para-hydroxylation sites is 2. The number of methoxy groups -OCH3 is 2. The van der Waals surface area contributed by atoms with E-state index in [0.717, 1.165) is 116 Å². The number of benzene rings is 4. The van der Waals surface area contributed by atoms with Crippen molar-refractivity contribution in [1.29, 1.82) is 0 Å². The monoisotopic (exact) mass is 997 g/mol. The predicted molar refractivity (Wildman–Crippen MR) is 301 cm³/mol. The zero-order valence-electron chi connectivity index (χ0n) is 44.3. The van der Waals surface area contributed by atoms with Crippen molar-refractivity contribution in [2.75, 3.05) is 103 Å². The van der Waals surface area contributed by atoms with Gasteiger partial charge in [0, 0.05) is 147 Å². The molecule has 16 nitrogen and oxygen atoms in total. The standard InChI is InChI=1S/2C29H34N6O2/c2*1-7-29(36)32-25-15-20(28(37-6)17-27(25)34(4)13-12-33(2)3)14-21-16-24(31-19-30-21)23-18-35(5)26-11-9-8-10-22(23)26/h2*7-11,15-19H,1,12-14H2,2-6H3,(H,32,36). The summed E-state index contributed by atoms with van der Waals surface area (Å²) in [5.74, 6) is 0.930. The molecule has 0 spiro atoms. The molecule has 0 saturated carbocycles. The van der Waals surface area contributed by atoms with E-state index in [0.29, 0.717) is 24.2 Å². The number of anilines is 4. The Balaban J connectivity index is 0.000000216. The molecule has 0 aliphatic rings. The highest BCUT2D eigenvalue weighted by Gasteiger charge is 2.20. The molecule has 384 valence electrons. The van der Waals surface area contributed by atoms with Crippen molar-refractivity contribution in [3.63, 3.8) is 0 Å². The molecule has 4 aromatic heterocycles. The van der Waals surface area contributed by atoms with Gasteiger partial charge in [-0.3, -0.25) is 9.59 Å². The fourth-order valence-corrected chi connectivity index (χ4v) is 8.79. The average Bonchev–Trinajstić information content (AvgIpc) is 3.93. The number of hydrogen-bond acceptors (Lipinski definition) is 12. The van der Waals surface area contributed by atoms with Crippen molar-refractivity contribution < 1.29 is 19.1 Å². The number of likely N-dealkylation sites (N-methyl/N-ethyl adjacent to an activating group) is 4. The highest BCUT2D eigenvalue weighted by molar-refractivity contribution is 6.02. The Bertz CT molecular complexity index is 3070. The molecule has 4 heterocycles. The molecular formula is C58H68N12O4. The number of aromatic nitrogens is 6. The number of aryl methyl sites for hydroxylation is 2. The van der Waals surface area contributed by atoms with Gasteiger partial charge in [0.05, 0.1) is 48.4 Å². The first-order chi connectivity index (χ1) is 35.6. The van der Waals surface area contributed by atoms with Gasteiger partial charge in [-0.1, -0.05) is 49.6 Å². The second kappa shape index (κ2) is 24.4. The number of fused-ring (bicyclic) bond motifs is 2. The number of nitrogens with one attached hydrogen (secondary N) is 2. The van der Waals surface area contributed by atoms with Crippen molar-refractivity contribution in [3.8, 4) is 34.0 Å². The van der Waals surface area contributed by atoms with E-state index in [1.165, 1.54) is 12.2 Å². The molecule has 0 unspecified atom stereocenters. The van der Waals surface area contributed by atoms with Crippen LogP contribution < -0.4 is 29.9 Å². The van der Waals surface area contributed by atoms with Gasteiger partial charge in [0.25, 0.3) is 0 Å². The van der Waals surface area contributed by atoms with E-state index in [1.807, 2.05) is 117 Å². The maximum atomic E-state index is 12.2. The molecule has 0 bridgehead atoms. The molecule has 0 saturated heterocycles. The molecular weight excluding hydrogens is 929 g/mol. The van der Waals surface area contributed by atoms with Gasteiger partial charge in [0.15, 0.2) is 0 Å². The first-order valence-electron chi connectivity index (χ1n) is 24.3. The van der Waals surface area contributed by atoms with Gasteiger partial charge in [-0.2, -0.15) is 0 Å². The minimum atomic E-state index is -0.265. The van der Waals surface area contributed by atoms with Crippen molar-refractivity contribution in [1.82, 2.24) is 38.9 Å². The molecule has 2 amide bonds. The summed E-state index contributed by atoms with van der Waals surface area (Å²) in [6, 6.07) is 28.4. The summed E-state index contributed by atoms with van der Waals surface area (Å²) >= 11 is 0. The maximum Gasteiger partial charge on any atom is 0.247 e. The second-order valence-corrected chi connectivity index (χ2v) is 18.7. The zero-order chi connectivity index (χ0) is 53.1. The summed E-state index contributed by atoms with van der Waals surface area (Å²) in [6.45, 7) is 10.5. The first kappa shape index (κ1) is 53.5. The maximum absolute atomic E-state index is 12.2. The Hall–Kier alpha value is -8.34. The van der Waals surface area contributed by atoms with Gasteiger partial charge in [0.1, 0.15) is 24.2 Å². The van der Waals surface area contributed by atoms with Crippen LogP contribution in [-0.2, 0) is 36.5 Å². The minimum absolute atomic E-state index is 0.265. The van der Waals surface area contributed by atoms with Crippen molar-refractivity contribution in [2.45, 2.75) is 12.8 Å². The minimum Gasteiger partial charge on any atom is -0.496 e. The fraction of sp³-hybridized carbons (Fsp3) is 0.276. The first-order valence-corrected chi connectivity index (χ1v) is 24.3. The van der Waals surface area contributed by atoms with Crippen LogP contribution in [0.4, 0.5) is 22.7 Å². The van der Waals surface area contributed by atoms with E-state index in [2.05, 4.69) is 109 Å². The Morgan fingerprint density at radius 2 is 0.959 bits per heavy atom. The van der Waals surface area contributed by atoms with Crippen molar-refractivity contribution in [3.05, 3.63) is 158 Å². The lowest BCUT2D eigenvalue weighted by molar-refractivity contribution is -0.112. The van der Waals surface area contributed by atoms with E-state index in [1.54, 1.807) is 26.9 Å². The molecule has 4 aromatic carbocycles. The largest absolute Gasteiger partial charge is 0.496 e. The lowest BCUT2D eigenvalue weighted by Crippen LogP contribution is -2.29. The molecule has 0 atom stereocenters. The van der Waals surface area contributed by atoms with Crippen LogP contribution in [0, 0.1) is 0 Å². The lowest BCUT2D eigenvalue weighted by atomic mass is 10.0. The van der Waals surface area contributed by atoms with Crippen LogP contribution in [0.1, 0.15) is 22.5 Å². The average molecular weight is 997 g/mol. The van der Waals surface area contributed by atoms with Gasteiger partial charge in [0.2, 0.25) is 11.8 Å². The van der Waals surface area contributed by atoms with Crippen LogP contribution in [0.2, 0.25) is 0 Å². The Morgan fingerprint density at radius 1 is 0.568 bits per heavy atom. The second-order valence-electron chi connectivity index (χ2n) is 18.7. The van der Waals surface area contributed by atoms with Crippen molar-refractivity contribution >= 4 is 56.4 Å². The topological polar surface area (TPSA) is 151 Å². The Labute approximate surface area is 434 Å². The molecule has 0 aliphatic carbocycles. The third kappa shape index (κ3) is 12.8. The van der Waals surface area contributed by atoms with E-state index in [-0.39, 0.29) is 11.8 Å². The van der Waals surface area contributed by atoms with Crippen LogP contribution in [0.3, 0.4) is 0 Å². The summed E-state index contributed by atoms with van der Waals surface area (Å²) in [7, 11) is 19.5. The third-order valence-electron chi connectivity index (χ3n) is 12.8. The molecule has 8 rings (SSSR count). The van der Waals surface area contributed by atoms with E-state index in [4.69, 9.17) is 9.47 Å². The van der Waals surface area contributed by atoms with E-state index >= 15 is 0 Å². The van der Waals surface area contributed by atoms with Gasteiger partial charge < -0.3 is 48.8 Å². The highest BCUT2D eigenvalue weighted by Crippen LogP contribution is 2.38. The summed E-state index contributed by atoms with van der Waals surface area (Å²) in [5, 5.41) is 8.22. The molecule has 16 heteroatoms. The van der Waals surface area contributed by atoms with E-state index in [9.17, 15) is 9.59 Å². The molecule has 0 radical (unpaired) electrons. The zero-order valence-corrected chi connectivity index (χ0v) is 44.3. The predicted octanol–water partition coefficient (Wildman–Crippen LogP) is 8.71. The summed E-state index contributed by atoms with van der Waals surface area (Å²) < 4.78 is 15.8. The summed E-state index contributed by atoms with van der Waals surface area (Å²) in [6.07, 6.45) is 11.0. The summed E-state index contributed by atoms with van der Waals surface area (Å²) in [5.41, 5.74) is 12.8. The van der Waals surface area contributed by atoms with Crippen molar-refractivity contribution in [2.24, 2.45) is 14.1 Å². The Morgan fingerprint density at radius 3 is 1.32 bits per heavy atom. The van der Waals surface area contributed by atoms with Crippen LogP contribution >= 0.6 is 0 Å². The normalized spacial score (nSPS) is 11.1. The fourth-order valence-electron chi connectivity index (χ4n) is 8.79. The smallest absolute Gasteiger partial charge is 0.247 e. The van der Waals surface area contributed by atoms with Gasteiger partial charge in [-0.15, -0.1) is 0 Å². The molecule has 74 heavy (non-hydrogen) atoms. The van der Waals surface area contributed by atoms with Crippen LogP contribution in [0.25, 0.3) is 44.3 Å². The highest BCUT2D eigenvalue weighted by atomic mass is 16.5. The number of amides is 2. The lowest BCUT2D eigenvalue weighted by Gasteiger charge is -2.26. The van der Waals surface area contributed by atoms with E-state index < -0.39 is 0 Å². The van der Waals surface area contributed by atoms with Gasteiger partial charge in [-0.05, 0) is 76.7 Å². The van der Waals surface area contributed by atoms with Gasteiger partial charge >= 0.3 is 0 Å². The molecule has 8 aromatic rings.